The maximum Gasteiger partial charge on any atom is 0.236 e. The second kappa shape index (κ2) is 6.93. The number of hydrogen-bond acceptors (Lipinski definition) is 6. The molecule has 2 aromatic heterocycles. The van der Waals surface area contributed by atoms with Gasteiger partial charge in [0.2, 0.25) is 11.0 Å². The third-order valence-electron chi connectivity index (χ3n) is 3.02. The standard InChI is InChI=1S/C15H15N5OS2/c1-9-13(11-6-4-3-5-7-11)18-14(16-9)22-8-12(21)17-15-20-19-10(2)23-15/h3-7H,8H2,1-2H3,(H,16,18)(H,17,20,21). The highest BCUT2D eigenvalue weighted by Crippen LogP contribution is 2.25. The molecule has 2 heterocycles. The van der Waals surface area contributed by atoms with Crippen molar-refractivity contribution >= 4 is 34.1 Å². The van der Waals surface area contributed by atoms with E-state index in [2.05, 4.69) is 25.5 Å². The Morgan fingerprint density at radius 2 is 2.04 bits per heavy atom. The minimum Gasteiger partial charge on any atom is -0.337 e. The van der Waals surface area contributed by atoms with Gasteiger partial charge < -0.3 is 4.98 Å². The first-order valence-electron chi connectivity index (χ1n) is 6.96. The zero-order valence-electron chi connectivity index (χ0n) is 12.7. The molecule has 118 valence electrons. The van der Waals surface area contributed by atoms with Crippen LogP contribution in [0.15, 0.2) is 35.5 Å². The third-order valence-corrected chi connectivity index (χ3v) is 4.65. The fourth-order valence-electron chi connectivity index (χ4n) is 2.01. The number of rotatable bonds is 5. The quantitative estimate of drug-likeness (QED) is 0.693. The monoisotopic (exact) mass is 345 g/mol. The second-order valence-corrected chi connectivity index (χ2v) is 6.99. The van der Waals surface area contributed by atoms with Gasteiger partial charge in [-0.25, -0.2) is 4.98 Å². The van der Waals surface area contributed by atoms with Crippen molar-refractivity contribution in [2.75, 3.05) is 11.1 Å². The molecule has 0 aliphatic heterocycles. The van der Waals surface area contributed by atoms with Gasteiger partial charge in [0.1, 0.15) is 5.01 Å². The molecule has 6 nitrogen and oxygen atoms in total. The number of imidazole rings is 1. The summed E-state index contributed by atoms with van der Waals surface area (Å²) in [5.74, 6) is 0.140. The Morgan fingerprint density at radius 1 is 1.26 bits per heavy atom. The van der Waals surface area contributed by atoms with E-state index in [0.29, 0.717) is 5.13 Å². The molecule has 0 spiro atoms. The highest BCUT2D eigenvalue weighted by atomic mass is 32.2. The molecule has 3 aromatic rings. The Kier molecular flexibility index (Phi) is 4.73. The lowest BCUT2D eigenvalue weighted by molar-refractivity contribution is -0.113. The summed E-state index contributed by atoms with van der Waals surface area (Å²) < 4.78 is 0. The number of aromatic amines is 1. The number of hydrogen-bond donors (Lipinski definition) is 2. The van der Waals surface area contributed by atoms with E-state index >= 15 is 0 Å². The van der Waals surface area contributed by atoms with Crippen LogP contribution in [-0.4, -0.2) is 31.8 Å². The molecular weight excluding hydrogens is 330 g/mol. The van der Waals surface area contributed by atoms with Crippen LogP contribution < -0.4 is 5.32 Å². The highest BCUT2D eigenvalue weighted by molar-refractivity contribution is 7.99. The molecule has 1 aromatic carbocycles. The molecule has 0 radical (unpaired) electrons. The van der Waals surface area contributed by atoms with Crippen molar-refractivity contribution in [3.8, 4) is 11.3 Å². The van der Waals surface area contributed by atoms with Crippen molar-refractivity contribution in [2.24, 2.45) is 0 Å². The molecule has 0 saturated heterocycles. The summed E-state index contributed by atoms with van der Waals surface area (Å²) in [5, 5.41) is 12.5. The lowest BCUT2D eigenvalue weighted by atomic mass is 10.1. The van der Waals surface area contributed by atoms with E-state index < -0.39 is 0 Å². The Morgan fingerprint density at radius 3 is 2.74 bits per heavy atom. The van der Waals surface area contributed by atoms with Gasteiger partial charge in [-0.05, 0) is 13.8 Å². The fraction of sp³-hybridized carbons (Fsp3) is 0.200. The van der Waals surface area contributed by atoms with E-state index in [9.17, 15) is 4.79 Å². The predicted octanol–water partition coefficient (Wildman–Crippen LogP) is 3.28. The van der Waals surface area contributed by atoms with Crippen molar-refractivity contribution in [3.05, 3.63) is 41.0 Å². The van der Waals surface area contributed by atoms with Gasteiger partial charge in [0.05, 0.1) is 11.4 Å². The summed E-state index contributed by atoms with van der Waals surface area (Å²) in [6.45, 7) is 3.82. The van der Waals surface area contributed by atoms with Crippen molar-refractivity contribution in [1.29, 1.82) is 0 Å². The molecular formula is C15H15N5OS2. The van der Waals surface area contributed by atoms with Crippen LogP contribution in [-0.2, 0) is 4.79 Å². The van der Waals surface area contributed by atoms with E-state index in [0.717, 1.165) is 27.1 Å². The lowest BCUT2D eigenvalue weighted by Gasteiger charge is -1.99. The normalized spacial score (nSPS) is 10.7. The summed E-state index contributed by atoms with van der Waals surface area (Å²) in [6.07, 6.45) is 0. The van der Waals surface area contributed by atoms with Crippen LogP contribution in [0.2, 0.25) is 0 Å². The Balaban J connectivity index is 1.61. The van der Waals surface area contributed by atoms with Gasteiger partial charge in [-0.15, -0.1) is 10.2 Å². The predicted molar refractivity (Wildman–Crippen MR) is 92.8 cm³/mol. The Bertz CT molecular complexity index is 812. The summed E-state index contributed by atoms with van der Waals surface area (Å²) in [7, 11) is 0. The zero-order chi connectivity index (χ0) is 16.2. The van der Waals surface area contributed by atoms with E-state index in [4.69, 9.17) is 0 Å². The van der Waals surface area contributed by atoms with Crippen LogP contribution >= 0.6 is 23.1 Å². The SMILES string of the molecule is Cc1nnc(NC(=O)CSc2nc(-c3ccccc3)c(C)[nH]2)s1. The van der Waals surface area contributed by atoms with E-state index in [1.54, 1.807) is 0 Å². The Labute approximate surface area is 141 Å². The molecule has 0 unspecified atom stereocenters. The lowest BCUT2D eigenvalue weighted by Crippen LogP contribution is -2.13. The molecule has 3 rings (SSSR count). The van der Waals surface area contributed by atoms with Crippen molar-refractivity contribution in [1.82, 2.24) is 20.2 Å². The number of aryl methyl sites for hydroxylation is 2. The molecule has 0 bridgehead atoms. The number of nitrogens with zero attached hydrogens (tertiary/aromatic N) is 3. The average molecular weight is 345 g/mol. The van der Waals surface area contributed by atoms with Gasteiger partial charge in [-0.3, -0.25) is 10.1 Å². The number of anilines is 1. The van der Waals surface area contributed by atoms with Crippen LogP contribution in [0.5, 0.6) is 0 Å². The maximum absolute atomic E-state index is 11.9. The molecule has 0 atom stereocenters. The highest BCUT2D eigenvalue weighted by Gasteiger charge is 2.12. The van der Waals surface area contributed by atoms with Gasteiger partial charge in [0, 0.05) is 11.3 Å². The summed E-state index contributed by atoms with van der Waals surface area (Å²) in [6, 6.07) is 9.96. The number of thioether (sulfide) groups is 1. The number of aromatic nitrogens is 4. The largest absolute Gasteiger partial charge is 0.337 e. The number of benzene rings is 1. The molecule has 23 heavy (non-hydrogen) atoms. The molecule has 0 fully saturated rings. The number of H-pyrrole nitrogens is 1. The van der Waals surface area contributed by atoms with E-state index in [1.165, 1.54) is 23.1 Å². The van der Waals surface area contributed by atoms with Crippen molar-refractivity contribution < 1.29 is 4.79 Å². The fourth-order valence-corrected chi connectivity index (χ4v) is 3.34. The summed E-state index contributed by atoms with van der Waals surface area (Å²) >= 11 is 2.72. The first-order chi connectivity index (χ1) is 11.1. The first kappa shape index (κ1) is 15.7. The number of carbonyl (C=O) groups is 1. The number of carbonyl (C=O) groups excluding carboxylic acids is 1. The van der Waals surface area contributed by atoms with Gasteiger partial charge in [-0.2, -0.15) is 0 Å². The number of amides is 1. The van der Waals surface area contributed by atoms with Crippen molar-refractivity contribution in [3.63, 3.8) is 0 Å². The van der Waals surface area contributed by atoms with Gasteiger partial charge in [-0.1, -0.05) is 53.4 Å². The number of nitrogens with one attached hydrogen (secondary N) is 2. The second-order valence-electron chi connectivity index (χ2n) is 4.84. The topological polar surface area (TPSA) is 83.6 Å². The Hall–Kier alpha value is -2.19. The van der Waals surface area contributed by atoms with Crippen LogP contribution in [0.25, 0.3) is 11.3 Å². The minimum absolute atomic E-state index is 0.124. The molecule has 0 saturated carbocycles. The molecule has 2 N–H and O–H groups in total. The smallest absolute Gasteiger partial charge is 0.236 e. The van der Waals surface area contributed by atoms with Crippen LogP contribution in [0.4, 0.5) is 5.13 Å². The van der Waals surface area contributed by atoms with Gasteiger partial charge in [0.15, 0.2) is 5.16 Å². The van der Waals surface area contributed by atoms with E-state index in [-0.39, 0.29) is 11.7 Å². The van der Waals surface area contributed by atoms with Gasteiger partial charge >= 0.3 is 0 Å². The third kappa shape index (κ3) is 3.96. The summed E-state index contributed by atoms with van der Waals surface area (Å²) in [5.41, 5.74) is 2.95. The molecule has 1 amide bonds. The van der Waals surface area contributed by atoms with Crippen LogP contribution in [0.3, 0.4) is 0 Å². The maximum atomic E-state index is 11.9. The molecule has 8 heteroatoms. The van der Waals surface area contributed by atoms with Gasteiger partial charge in [0.25, 0.3) is 0 Å². The minimum atomic E-state index is -0.124. The van der Waals surface area contributed by atoms with Crippen molar-refractivity contribution in [2.45, 2.75) is 19.0 Å². The zero-order valence-corrected chi connectivity index (χ0v) is 14.3. The molecule has 0 aliphatic rings. The van der Waals surface area contributed by atoms with Crippen LogP contribution in [0.1, 0.15) is 10.7 Å². The van der Waals surface area contributed by atoms with E-state index in [1.807, 2.05) is 44.2 Å². The average Bonchev–Trinajstić information content (AvgIpc) is 3.12. The molecule has 0 aliphatic carbocycles. The van der Waals surface area contributed by atoms with Crippen LogP contribution in [0, 0.1) is 13.8 Å². The summed E-state index contributed by atoms with van der Waals surface area (Å²) in [4.78, 5) is 19.7. The first-order valence-corrected chi connectivity index (χ1v) is 8.77.